The number of rotatable bonds is 11. The standard InChI is InChI=1S/C25H26N6O11S.Na/c1-13(33)26-22-19(10-21(25(36)37)42-24(22)23(35)20(34)12-32)30-11-18(27-29-30)16-4-2-3-5-17(16)28-43(40,41)15-8-6-14(7-9-15)31(38)39;/h2-11,19-20,22-24,28,32,34-35H,12H2,1H3,(H,26,33)(H,36,37);/q;+1/p-1/t19-,20+,22+,23+,24+;/m0./s1. The first-order valence-corrected chi connectivity index (χ1v) is 13.9. The second kappa shape index (κ2) is 14.2. The number of ether oxygens (including phenoxy) is 1. The number of amides is 1. The van der Waals surface area contributed by atoms with E-state index < -0.39 is 69.6 Å². The molecule has 1 aromatic heterocycles. The average Bonchev–Trinajstić information content (AvgIpc) is 3.46. The van der Waals surface area contributed by atoms with Gasteiger partial charge in [-0.2, -0.15) is 0 Å². The first-order chi connectivity index (χ1) is 20.3. The smallest absolute Gasteiger partial charge is 0.542 e. The Bertz CT molecular complexity index is 1660. The number of aromatic nitrogens is 3. The molecule has 228 valence electrons. The van der Waals surface area contributed by atoms with E-state index in [4.69, 9.17) is 4.74 Å². The Morgan fingerprint density at radius 2 is 1.82 bits per heavy atom. The Balaban J connectivity index is 0.00000529. The van der Waals surface area contributed by atoms with E-state index in [1.807, 2.05) is 0 Å². The van der Waals surface area contributed by atoms with E-state index in [2.05, 4.69) is 20.4 Å². The number of carboxylic acid groups (broad SMARTS) is 1. The van der Waals surface area contributed by atoms with Gasteiger partial charge in [0, 0.05) is 24.6 Å². The summed E-state index contributed by atoms with van der Waals surface area (Å²) in [6.45, 7) is 0.254. The molecule has 2 heterocycles. The van der Waals surface area contributed by atoms with Crippen molar-refractivity contribution in [3.63, 3.8) is 0 Å². The van der Waals surface area contributed by atoms with E-state index in [0.29, 0.717) is 0 Å². The maximum absolute atomic E-state index is 13.0. The van der Waals surface area contributed by atoms with Gasteiger partial charge < -0.3 is 35.3 Å². The van der Waals surface area contributed by atoms with Crippen LogP contribution in [0.2, 0.25) is 0 Å². The maximum Gasteiger partial charge on any atom is 1.00 e. The summed E-state index contributed by atoms with van der Waals surface area (Å²) in [4.78, 5) is 33.8. The van der Waals surface area contributed by atoms with Crippen LogP contribution in [0.15, 0.2) is 71.5 Å². The minimum absolute atomic E-state index is 0. The number of nitrogens with zero attached hydrogens (tertiary/aromatic N) is 4. The summed E-state index contributed by atoms with van der Waals surface area (Å²) in [6.07, 6.45) is -2.83. The van der Waals surface area contributed by atoms with Crippen LogP contribution in [0.5, 0.6) is 0 Å². The summed E-state index contributed by atoms with van der Waals surface area (Å²) in [5.74, 6) is -3.12. The van der Waals surface area contributed by atoms with Crippen molar-refractivity contribution in [3.05, 3.63) is 76.7 Å². The van der Waals surface area contributed by atoms with Crippen molar-refractivity contribution in [2.45, 2.75) is 42.2 Å². The van der Waals surface area contributed by atoms with Crippen LogP contribution in [0.4, 0.5) is 11.4 Å². The number of non-ortho nitro benzene ring substituents is 1. The Labute approximate surface area is 271 Å². The van der Waals surface area contributed by atoms with Crippen LogP contribution in [0.25, 0.3) is 11.3 Å². The number of benzene rings is 2. The molecule has 0 saturated carbocycles. The Kier molecular flexibility index (Phi) is 11.2. The predicted molar refractivity (Wildman–Crippen MR) is 143 cm³/mol. The molecule has 3 aromatic rings. The molecule has 0 spiro atoms. The molecule has 19 heteroatoms. The van der Waals surface area contributed by atoms with Crippen LogP contribution in [0, 0.1) is 10.1 Å². The number of carbonyl (C=O) groups is 2. The molecule has 0 bridgehead atoms. The second-order valence-electron chi connectivity index (χ2n) is 9.34. The third kappa shape index (κ3) is 7.59. The number of nitro benzene ring substituents is 1. The van der Waals surface area contributed by atoms with E-state index >= 15 is 0 Å². The zero-order chi connectivity index (χ0) is 31.5. The number of hydrogen-bond acceptors (Lipinski definition) is 13. The van der Waals surface area contributed by atoms with E-state index in [1.54, 1.807) is 12.1 Å². The molecule has 1 aliphatic rings. The predicted octanol–water partition coefficient (Wildman–Crippen LogP) is -4.55. The van der Waals surface area contributed by atoms with Gasteiger partial charge in [0.15, 0.2) is 0 Å². The number of hydrogen-bond donors (Lipinski definition) is 5. The van der Waals surface area contributed by atoms with Gasteiger partial charge in [-0.1, -0.05) is 23.4 Å². The summed E-state index contributed by atoms with van der Waals surface area (Å²) >= 11 is 0. The van der Waals surface area contributed by atoms with Crippen molar-refractivity contribution < 1.29 is 77.7 Å². The molecule has 1 aliphatic heterocycles. The Morgan fingerprint density at radius 1 is 1.16 bits per heavy atom. The number of sulfonamides is 1. The number of anilines is 1. The van der Waals surface area contributed by atoms with Gasteiger partial charge in [-0.15, -0.1) is 5.10 Å². The minimum atomic E-state index is -4.21. The number of aliphatic hydroxyl groups is 3. The van der Waals surface area contributed by atoms with Crippen LogP contribution in [0.3, 0.4) is 0 Å². The zero-order valence-corrected chi connectivity index (χ0v) is 26.0. The molecule has 0 aliphatic carbocycles. The molecule has 2 aromatic carbocycles. The summed E-state index contributed by atoms with van der Waals surface area (Å²) in [7, 11) is -4.21. The van der Waals surface area contributed by atoms with Crippen molar-refractivity contribution in [1.82, 2.24) is 20.3 Å². The van der Waals surface area contributed by atoms with Gasteiger partial charge in [-0.3, -0.25) is 19.6 Å². The molecule has 0 saturated heterocycles. The van der Waals surface area contributed by atoms with Gasteiger partial charge in [0.05, 0.1) is 40.4 Å². The SMILES string of the molecule is CC(=O)N[C@H]1[C@H]([C@H](O)[C@H](O)CO)OC(C(=O)[O-])=C[C@@H]1n1cc(-c2ccccc2NS(=O)(=O)c2ccc([N+](=O)[O-])cc2)nn1.[Na+]. The van der Waals surface area contributed by atoms with E-state index in [-0.39, 0.29) is 57.1 Å². The molecular weight excluding hydrogens is 615 g/mol. The van der Waals surface area contributed by atoms with E-state index in [0.717, 1.165) is 41.9 Å². The number of para-hydroxylation sites is 1. The quantitative estimate of drug-likeness (QED) is 0.0752. The normalized spacial score (nSPS) is 19.4. The Hall–Kier alpha value is -3.91. The van der Waals surface area contributed by atoms with Gasteiger partial charge in [-0.05, 0) is 24.3 Å². The summed E-state index contributed by atoms with van der Waals surface area (Å²) in [5.41, 5.74) is 0.103. The molecule has 4 rings (SSSR count). The number of carbonyl (C=O) groups excluding carboxylic acids is 2. The monoisotopic (exact) mass is 640 g/mol. The minimum Gasteiger partial charge on any atom is -0.542 e. The number of nitrogens with one attached hydrogen (secondary N) is 2. The van der Waals surface area contributed by atoms with Gasteiger partial charge in [0.2, 0.25) is 5.91 Å². The number of carboxylic acids is 1. The third-order valence-electron chi connectivity index (χ3n) is 6.42. The fourth-order valence-corrected chi connectivity index (χ4v) is 5.45. The van der Waals surface area contributed by atoms with E-state index in [1.165, 1.54) is 18.3 Å². The molecule has 0 unspecified atom stereocenters. The fraction of sp³-hybridized carbons (Fsp3) is 0.280. The average molecular weight is 641 g/mol. The second-order valence-corrected chi connectivity index (χ2v) is 11.0. The van der Waals surface area contributed by atoms with Crippen LogP contribution >= 0.6 is 0 Å². The first-order valence-electron chi connectivity index (χ1n) is 12.4. The van der Waals surface area contributed by atoms with Gasteiger partial charge in [0.25, 0.3) is 15.7 Å². The van der Waals surface area contributed by atoms with Crippen LogP contribution < -0.4 is 44.7 Å². The molecule has 0 radical (unpaired) electrons. The number of aliphatic carboxylic acids is 1. The number of nitro groups is 1. The number of aliphatic hydroxyl groups excluding tert-OH is 3. The zero-order valence-electron chi connectivity index (χ0n) is 23.2. The Morgan fingerprint density at radius 3 is 2.41 bits per heavy atom. The summed E-state index contributed by atoms with van der Waals surface area (Å²) < 4.78 is 34.9. The van der Waals surface area contributed by atoms with Gasteiger partial charge in [0.1, 0.15) is 35.7 Å². The van der Waals surface area contributed by atoms with Gasteiger partial charge >= 0.3 is 29.6 Å². The summed E-state index contributed by atoms with van der Waals surface area (Å²) in [6, 6.07) is 7.91. The molecule has 44 heavy (non-hydrogen) atoms. The molecule has 5 atom stereocenters. The van der Waals surface area contributed by atoms with Crippen molar-refractivity contribution in [3.8, 4) is 11.3 Å². The fourth-order valence-electron chi connectivity index (χ4n) is 4.37. The van der Waals surface area contributed by atoms with Crippen LogP contribution in [-0.4, -0.2) is 86.5 Å². The molecule has 1 amide bonds. The molecule has 17 nitrogen and oxygen atoms in total. The third-order valence-corrected chi connectivity index (χ3v) is 7.80. The summed E-state index contributed by atoms with van der Waals surface area (Å²) in [5, 5.41) is 63.1. The van der Waals surface area contributed by atoms with Crippen molar-refractivity contribution in [2.75, 3.05) is 11.3 Å². The molecular formula is C25H25N6NaO11S. The van der Waals surface area contributed by atoms with Crippen LogP contribution in [-0.2, 0) is 24.3 Å². The molecule has 5 N–H and O–H groups in total. The van der Waals surface area contributed by atoms with Crippen molar-refractivity contribution >= 4 is 33.3 Å². The van der Waals surface area contributed by atoms with Crippen molar-refractivity contribution in [2.24, 2.45) is 0 Å². The van der Waals surface area contributed by atoms with E-state index in [9.17, 15) is 48.5 Å². The maximum atomic E-state index is 13.0. The first kappa shape index (κ1) is 34.6. The van der Waals surface area contributed by atoms with Crippen molar-refractivity contribution in [1.29, 1.82) is 0 Å². The van der Waals surface area contributed by atoms with Crippen LogP contribution in [0.1, 0.15) is 13.0 Å². The molecule has 0 fully saturated rings. The topological polar surface area (TPSA) is 259 Å². The largest absolute Gasteiger partial charge is 1.00 e. The van der Waals surface area contributed by atoms with Gasteiger partial charge in [-0.25, -0.2) is 13.1 Å².